The van der Waals surface area contributed by atoms with Gasteiger partial charge in [0, 0.05) is 10.7 Å². The summed E-state index contributed by atoms with van der Waals surface area (Å²) in [5, 5.41) is 3.88. The molecule has 0 aliphatic carbocycles. The highest BCUT2D eigenvalue weighted by atomic mass is 79.9. The Morgan fingerprint density at radius 1 is 1.35 bits per heavy atom. The SMILES string of the molecule is CC(C)[C@@H](N)c1nc(-c2ccc(Br)cn2)no1. The van der Waals surface area contributed by atoms with Gasteiger partial charge in [0.05, 0.1) is 6.04 Å². The minimum absolute atomic E-state index is 0.244. The molecule has 6 heteroatoms. The molecule has 0 spiro atoms. The van der Waals surface area contributed by atoms with Gasteiger partial charge in [-0.15, -0.1) is 0 Å². The van der Waals surface area contributed by atoms with E-state index in [1.807, 2.05) is 26.0 Å². The highest BCUT2D eigenvalue weighted by Gasteiger charge is 2.18. The van der Waals surface area contributed by atoms with Gasteiger partial charge in [0.2, 0.25) is 11.7 Å². The van der Waals surface area contributed by atoms with Gasteiger partial charge < -0.3 is 10.3 Å². The van der Waals surface area contributed by atoms with E-state index in [2.05, 4.69) is 31.1 Å². The lowest BCUT2D eigenvalue weighted by Crippen LogP contribution is -2.16. The zero-order chi connectivity index (χ0) is 12.4. The lowest BCUT2D eigenvalue weighted by molar-refractivity contribution is 0.325. The molecular weight excluding hydrogens is 284 g/mol. The molecule has 0 amide bonds. The van der Waals surface area contributed by atoms with Crippen molar-refractivity contribution in [1.29, 1.82) is 0 Å². The fourth-order valence-corrected chi connectivity index (χ4v) is 1.50. The van der Waals surface area contributed by atoms with E-state index < -0.39 is 0 Å². The van der Waals surface area contributed by atoms with E-state index in [4.69, 9.17) is 10.3 Å². The summed E-state index contributed by atoms with van der Waals surface area (Å²) in [4.78, 5) is 8.44. The summed E-state index contributed by atoms with van der Waals surface area (Å²) in [6.07, 6.45) is 1.69. The fraction of sp³-hybridized carbons (Fsp3) is 0.364. The summed E-state index contributed by atoms with van der Waals surface area (Å²) >= 11 is 3.32. The zero-order valence-corrected chi connectivity index (χ0v) is 11.2. The van der Waals surface area contributed by atoms with Crippen LogP contribution in [0.25, 0.3) is 11.5 Å². The van der Waals surface area contributed by atoms with Crippen molar-refractivity contribution in [1.82, 2.24) is 15.1 Å². The van der Waals surface area contributed by atoms with Gasteiger partial charge in [-0.3, -0.25) is 4.98 Å². The van der Waals surface area contributed by atoms with E-state index in [0.29, 0.717) is 17.4 Å². The van der Waals surface area contributed by atoms with Crippen LogP contribution in [0.2, 0.25) is 0 Å². The second-order valence-electron chi connectivity index (χ2n) is 4.09. The zero-order valence-electron chi connectivity index (χ0n) is 9.59. The topological polar surface area (TPSA) is 77.8 Å². The first-order valence-corrected chi connectivity index (χ1v) is 6.08. The van der Waals surface area contributed by atoms with Gasteiger partial charge in [-0.2, -0.15) is 4.98 Å². The van der Waals surface area contributed by atoms with Crippen LogP contribution in [-0.2, 0) is 0 Å². The van der Waals surface area contributed by atoms with Crippen molar-refractivity contribution in [2.75, 3.05) is 0 Å². The number of aromatic nitrogens is 3. The number of pyridine rings is 1. The van der Waals surface area contributed by atoms with Crippen LogP contribution in [0.15, 0.2) is 27.3 Å². The fourth-order valence-electron chi connectivity index (χ4n) is 1.27. The van der Waals surface area contributed by atoms with Gasteiger partial charge in [-0.05, 0) is 34.0 Å². The summed E-state index contributed by atoms with van der Waals surface area (Å²) < 4.78 is 6.04. The molecular formula is C11H13BrN4O. The highest BCUT2D eigenvalue weighted by molar-refractivity contribution is 9.10. The molecule has 0 bridgehead atoms. The molecule has 0 aliphatic heterocycles. The number of hydrogen-bond acceptors (Lipinski definition) is 5. The first-order valence-electron chi connectivity index (χ1n) is 5.29. The van der Waals surface area contributed by atoms with Crippen LogP contribution in [0.5, 0.6) is 0 Å². The lowest BCUT2D eigenvalue weighted by Gasteiger charge is -2.09. The average molecular weight is 297 g/mol. The summed E-state index contributed by atoms with van der Waals surface area (Å²) in [7, 11) is 0. The van der Waals surface area contributed by atoms with Crippen LogP contribution < -0.4 is 5.73 Å². The van der Waals surface area contributed by atoms with E-state index >= 15 is 0 Å². The van der Waals surface area contributed by atoms with Crippen LogP contribution in [0, 0.1) is 5.92 Å². The van der Waals surface area contributed by atoms with Crippen LogP contribution in [0.1, 0.15) is 25.8 Å². The van der Waals surface area contributed by atoms with Gasteiger partial charge >= 0.3 is 0 Å². The lowest BCUT2D eigenvalue weighted by atomic mass is 10.1. The second-order valence-corrected chi connectivity index (χ2v) is 5.00. The number of nitrogens with two attached hydrogens (primary N) is 1. The standard InChI is InChI=1S/C11H13BrN4O/c1-6(2)9(13)11-15-10(16-17-11)8-4-3-7(12)5-14-8/h3-6,9H,13H2,1-2H3/t9-/m1/s1. The number of halogens is 1. The number of nitrogens with zero attached hydrogens (tertiary/aromatic N) is 3. The van der Waals surface area contributed by atoms with Gasteiger partial charge in [-0.25, -0.2) is 0 Å². The van der Waals surface area contributed by atoms with Crippen LogP contribution in [0.4, 0.5) is 0 Å². The Balaban J connectivity index is 2.26. The van der Waals surface area contributed by atoms with Crippen molar-refractivity contribution in [3.63, 3.8) is 0 Å². The minimum atomic E-state index is -0.244. The Morgan fingerprint density at radius 3 is 2.71 bits per heavy atom. The van der Waals surface area contributed by atoms with E-state index in [1.54, 1.807) is 6.20 Å². The maximum atomic E-state index is 5.93. The molecule has 0 fully saturated rings. The third kappa shape index (κ3) is 2.70. The van der Waals surface area contributed by atoms with E-state index in [0.717, 1.165) is 4.47 Å². The van der Waals surface area contributed by atoms with Crippen molar-refractivity contribution < 1.29 is 4.52 Å². The van der Waals surface area contributed by atoms with Crippen molar-refractivity contribution in [3.8, 4) is 11.5 Å². The van der Waals surface area contributed by atoms with Gasteiger partial charge in [-0.1, -0.05) is 19.0 Å². The van der Waals surface area contributed by atoms with E-state index in [-0.39, 0.29) is 12.0 Å². The molecule has 2 rings (SSSR count). The molecule has 2 heterocycles. The Morgan fingerprint density at radius 2 is 2.12 bits per heavy atom. The van der Waals surface area contributed by atoms with Crippen molar-refractivity contribution in [3.05, 3.63) is 28.7 Å². The molecule has 2 aromatic rings. The number of rotatable bonds is 3. The third-order valence-corrected chi connectivity index (χ3v) is 2.87. The smallest absolute Gasteiger partial charge is 0.244 e. The molecule has 17 heavy (non-hydrogen) atoms. The van der Waals surface area contributed by atoms with Gasteiger partial charge in [0.15, 0.2) is 0 Å². The molecule has 5 nitrogen and oxygen atoms in total. The monoisotopic (exact) mass is 296 g/mol. The molecule has 2 aromatic heterocycles. The van der Waals surface area contributed by atoms with E-state index in [9.17, 15) is 0 Å². The maximum absolute atomic E-state index is 5.93. The predicted octanol–water partition coefficient (Wildman–Crippen LogP) is 2.55. The molecule has 2 N–H and O–H groups in total. The Labute approximate surface area is 108 Å². The molecule has 0 saturated heterocycles. The molecule has 0 aromatic carbocycles. The third-order valence-electron chi connectivity index (χ3n) is 2.40. The Hall–Kier alpha value is -1.27. The van der Waals surface area contributed by atoms with Crippen molar-refractivity contribution >= 4 is 15.9 Å². The van der Waals surface area contributed by atoms with Crippen LogP contribution in [-0.4, -0.2) is 15.1 Å². The molecule has 0 radical (unpaired) electrons. The Bertz CT molecular complexity index is 494. The molecule has 1 atom stereocenters. The Kier molecular flexibility index (Phi) is 3.54. The summed E-state index contributed by atoms with van der Waals surface area (Å²) in [6.45, 7) is 4.01. The van der Waals surface area contributed by atoms with Crippen molar-refractivity contribution in [2.45, 2.75) is 19.9 Å². The largest absolute Gasteiger partial charge is 0.337 e. The molecule has 90 valence electrons. The maximum Gasteiger partial charge on any atom is 0.244 e. The van der Waals surface area contributed by atoms with Gasteiger partial charge in [0.1, 0.15) is 5.69 Å². The first kappa shape index (κ1) is 12.2. The first-order chi connectivity index (χ1) is 8.08. The second kappa shape index (κ2) is 4.93. The van der Waals surface area contributed by atoms with E-state index in [1.165, 1.54) is 0 Å². The number of hydrogen-bond donors (Lipinski definition) is 1. The molecule has 0 aliphatic rings. The summed E-state index contributed by atoms with van der Waals surface area (Å²) in [6, 6.07) is 3.45. The summed E-state index contributed by atoms with van der Waals surface area (Å²) in [5.74, 6) is 1.16. The van der Waals surface area contributed by atoms with Gasteiger partial charge in [0.25, 0.3) is 0 Å². The average Bonchev–Trinajstić information content (AvgIpc) is 2.78. The van der Waals surface area contributed by atoms with Crippen LogP contribution in [0.3, 0.4) is 0 Å². The molecule has 0 saturated carbocycles. The molecule has 0 unspecified atom stereocenters. The normalized spacial score (nSPS) is 13.0. The van der Waals surface area contributed by atoms with Crippen molar-refractivity contribution in [2.24, 2.45) is 11.7 Å². The highest BCUT2D eigenvalue weighted by Crippen LogP contribution is 2.21. The predicted molar refractivity (Wildman–Crippen MR) is 67.0 cm³/mol. The van der Waals surface area contributed by atoms with Crippen LogP contribution >= 0.6 is 15.9 Å². The minimum Gasteiger partial charge on any atom is -0.337 e. The quantitative estimate of drug-likeness (QED) is 0.942. The summed E-state index contributed by atoms with van der Waals surface area (Å²) in [5.41, 5.74) is 6.60.